The van der Waals surface area contributed by atoms with Crippen molar-refractivity contribution in [1.29, 1.82) is 0 Å². The Morgan fingerprint density at radius 2 is 1.60 bits per heavy atom. The highest BCUT2D eigenvalue weighted by molar-refractivity contribution is 5.84. The van der Waals surface area contributed by atoms with Crippen LogP contribution in [0.5, 0.6) is 0 Å². The second-order valence-corrected chi connectivity index (χ2v) is 7.35. The van der Waals surface area contributed by atoms with E-state index in [0.717, 1.165) is 28.2 Å². The molecule has 0 fully saturated rings. The van der Waals surface area contributed by atoms with Crippen LogP contribution in [0.15, 0.2) is 60.7 Å². The first-order valence-electron chi connectivity index (χ1n) is 10.0. The molecule has 1 amide bonds. The van der Waals surface area contributed by atoms with Crippen molar-refractivity contribution in [2.24, 2.45) is 0 Å². The van der Waals surface area contributed by atoms with Gasteiger partial charge in [0.05, 0.1) is 23.8 Å². The van der Waals surface area contributed by atoms with Crippen molar-refractivity contribution >= 4 is 11.9 Å². The first-order chi connectivity index (χ1) is 14.4. The van der Waals surface area contributed by atoms with E-state index in [2.05, 4.69) is 10.4 Å². The van der Waals surface area contributed by atoms with E-state index < -0.39 is 12.1 Å². The average molecular weight is 405 g/mol. The highest BCUT2D eigenvalue weighted by Gasteiger charge is 2.22. The molecule has 0 radical (unpaired) electrons. The number of hydrogen-bond donors (Lipinski definition) is 1. The Labute approximate surface area is 176 Å². The molecule has 0 aliphatic rings. The summed E-state index contributed by atoms with van der Waals surface area (Å²) in [6.45, 7) is 7.27. The largest absolute Gasteiger partial charge is 0.452 e. The molecule has 0 saturated carbocycles. The van der Waals surface area contributed by atoms with Crippen LogP contribution in [-0.4, -0.2) is 27.8 Å². The number of nitrogens with zero attached hydrogens (tertiary/aromatic N) is 2. The van der Waals surface area contributed by atoms with Crippen molar-refractivity contribution in [3.05, 3.63) is 83.2 Å². The molecule has 156 valence electrons. The van der Waals surface area contributed by atoms with Crippen molar-refractivity contribution in [3.63, 3.8) is 0 Å². The number of amides is 1. The van der Waals surface area contributed by atoms with Crippen LogP contribution in [-0.2, 0) is 20.7 Å². The van der Waals surface area contributed by atoms with Crippen LogP contribution in [0.1, 0.15) is 42.4 Å². The summed E-state index contributed by atoms with van der Waals surface area (Å²) < 4.78 is 7.20. The highest BCUT2D eigenvalue weighted by atomic mass is 16.5. The van der Waals surface area contributed by atoms with Crippen molar-refractivity contribution in [1.82, 2.24) is 15.1 Å². The summed E-state index contributed by atoms with van der Waals surface area (Å²) in [7, 11) is 0. The summed E-state index contributed by atoms with van der Waals surface area (Å²) in [4.78, 5) is 24.9. The number of nitrogens with one attached hydrogen (secondary N) is 1. The molecule has 6 heteroatoms. The fourth-order valence-electron chi connectivity index (χ4n) is 3.34. The van der Waals surface area contributed by atoms with Gasteiger partial charge in [0.25, 0.3) is 5.91 Å². The summed E-state index contributed by atoms with van der Waals surface area (Å²) >= 11 is 0. The molecule has 1 aromatic heterocycles. The molecule has 1 N–H and O–H groups in total. The molecule has 0 spiro atoms. The standard InChI is InChI=1S/C24H27N3O3/c1-16(20-11-7-5-8-12-20)25-24(29)19(4)30-23(28)15-22-17(2)26-27(18(22)3)21-13-9-6-10-14-21/h5-14,16,19H,15H2,1-4H3,(H,25,29). The van der Waals surface area contributed by atoms with Crippen molar-refractivity contribution in [2.45, 2.75) is 46.3 Å². The maximum Gasteiger partial charge on any atom is 0.311 e. The third kappa shape index (κ3) is 4.95. The number of carbonyl (C=O) groups is 2. The smallest absolute Gasteiger partial charge is 0.311 e. The fraction of sp³-hybridized carbons (Fsp3) is 0.292. The summed E-state index contributed by atoms with van der Waals surface area (Å²) in [6, 6.07) is 19.2. The Hall–Kier alpha value is -3.41. The SMILES string of the molecule is Cc1nn(-c2ccccc2)c(C)c1CC(=O)OC(C)C(=O)NC(C)c1ccccc1. The molecule has 0 saturated heterocycles. The number of esters is 1. The number of ether oxygens (including phenoxy) is 1. The van der Waals surface area contributed by atoms with Crippen molar-refractivity contribution in [3.8, 4) is 5.69 Å². The van der Waals surface area contributed by atoms with E-state index in [1.807, 2.05) is 86.1 Å². The van der Waals surface area contributed by atoms with E-state index >= 15 is 0 Å². The molecule has 1 heterocycles. The van der Waals surface area contributed by atoms with Crippen LogP contribution in [0, 0.1) is 13.8 Å². The van der Waals surface area contributed by atoms with Gasteiger partial charge in [-0.05, 0) is 45.4 Å². The van der Waals surface area contributed by atoms with Gasteiger partial charge in [0.2, 0.25) is 0 Å². The second kappa shape index (κ2) is 9.39. The maximum atomic E-state index is 12.5. The lowest BCUT2D eigenvalue weighted by Crippen LogP contribution is -2.37. The van der Waals surface area contributed by atoms with E-state index in [1.54, 1.807) is 6.92 Å². The quantitative estimate of drug-likeness (QED) is 0.606. The zero-order chi connectivity index (χ0) is 21.7. The van der Waals surface area contributed by atoms with Gasteiger partial charge in [0.1, 0.15) is 0 Å². The summed E-state index contributed by atoms with van der Waals surface area (Å²) in [6.07, 6.45) is -0.815. The van der Waals surface area contributed by atoms with E-state index in [1.165, 1.54) is 0 Å². The number of para-hydroxylation sites is 1. The normalized spacial score (nSPS) is 12.8. The molecule has 0 aliphatic heterocycles. The number of benzene rings is 2. The molecule has 6 nitrogen and oxygen atoms in total. The molecule has 2 atom stereocenters. The Balaban J connectivity index is 1.61. The number of aromatic nitrogens is 2. The van der Waals surface area contributed by atoms with Crippen molar-refractivity contribution in [2.75, 3.05) is 0 Å². The minimum Gasteiger partial charge on any atom is -0.452 e. The lowest BCUT2D eigenvalue weighted by Gasteiger charge is -2.18. The van der Waals surface area contributed by atoms with E-state index in [4.69, 9.17) is 4.74 Å². The van der Waals surface area contributed by atoms with Gasteiger partial charge in [-0.1, -0.05) is 48.5 Å². The van der Waals surface area contributed by atoms with E-state index in [-0.39, 0.29) is 18.4 Å². The van der Waals surface area contributed by atoms with Gasteiger partial charge < -0.3 is 10.1 Å². The van der Waals surface area contributed by atoms with Crippen LogP contribution in [0.4, 0.5) is 0 Å². The summed E-state index contributed by atoms with van der Waals surface area (Å²) in [5, 5.41) is 7.43. The molecular weight excluding hydrogens is 378 g/mol. The number of aryl methyl sites for hydroxylation is 1. The zero-order valence-corrected chi connectivity index (χ0v) is 17.8. The Morgan fingerprint density at radius 1 is 1.00 bits per heavy atom. The third-order valence-corrected chi connectivity index (χ3v) is 5.10. The highest BCUT2D eigenvalue weighted by Crippen LogP contribution is 2.19. The predicted molar refractivity (Wildman–Crippen MR) is 115 cm³/mol. The van der Waals surface area contributed by atoms with Crippen LogP contribution < -0.4 is 5.32 Å². The van der Waals surface area contributed by atoms with Crippen LogP contribution in [0.3, 0.4) is 0 Å². The van der Waals surface area contributed by atoms with Crippen LogP contribution >= 0.6 is 0 Å². The second-order valence-electron chi connectivity index (χ2n) is 7.35. The van der Waals surface area contributed by atoms with Gasteiger partial charge in [0, 0.05) is 11.3 Å². The van der Waals surface area contributed by atoms with E-state index in [9.17, 15) is 9.59 Å². The lowest BCUT2D eigenvalue weighted by atomic mass is 10.1. The molecular formula is C24H27N3O3. The molecule has 0 bridgehead atoms. The van der Waals surface area contributed by atoms with E-state index in [0.29, 0.717) is 0 Å². The lowest BCUT2D eigenvalue weighted by molar-refractivity contribution is -0.154. The van der Waals surface area contributed by atoms with Gasteiger partial charge in [0.15, 0.2) is 6.10 Å². The van der Waals surface area contributed by atoms with Crippen LogP contribution in [0.2, 0.25) is 0 Å². The monoisotopic (exact) mass is 405 g/mol. The Kier molecular flexibility index (Phi) is 6.67. The molecule has 2 unspecified atom stereocenters. The van der Waals surface area contributed by atoms with Crippen LogP contribution in [0.25, 0.3) is 5.69 Å². The first-order valence-corrected chi connectivity index (χ1v) is 10.0. The van der Waals surface area contributed by atoms with Gasteiger partial charge in [-0.15, -0.1) is 0 Å². The maximum absolute atomic E-state index is 12.5. The summed E-state index contributed by atoms with van der Waals surface area (Å²) in [5.41, 5.74) is 4.38. The molecule has 3 aromatic rings. The first kappa shape index (κ1) is 21.3. The molecule has 30 heavy (non-hydrogen) atoms. The molecule has 0 aliphatic carbocycles. The number of carbonyl (C=O) groups excluding carboxylic acids is 2. The van der Waals surface area contributed by atoms with Gasteiger partial charge in [-0.2, -0.15) is 5.10 Å². The fourth-order valence-corrected chi connectivity index (χ4v) is 3.34. The molecule has 2 aromatic carbocycles. The number of hydrogen-bond acceptors (Lipinski definition) is 4. The Bertz CT molecular complexity index is 1010. The topological polar surface area (TPSA) is 73.2 Å². The third-order valence-electron chi connectivity index (χ3n) is 5.10. The van der Waals surface area contributed by atoms with Gasteiger partial charge in [-0.3, -0.25) is 9.59 Å². The zero-order valence-electron chi connectivity index (χ0n) is 17.8. The Morgan fingerprint density at radius 3 is 2.23 bits per heavy atom. The number of rotatable bonds is 7. The summed E-state index contributed by atoms with van der Waals surface area (Å²) in [5.74, 6) is -0.781. The minimum atomic E-state index is -0.881. The molecule has 3 rings (SSSR count). The van der Waals surface area contributed by atoms with Crippen molar-refractivity contribution < 1.29 is 14.3 Å². The van der Waals surface area contributed by atoms with Gasteiger partial charge >= 0.3 is 5.97 Å². The van der Waals surface area contributed by atoms with Gasteiger partial charge in [-0.25, -0.2) is 4.68 Å². The minimum absolute atomic E-state index is 0.0658. The average Bonchev–Trinajstić information content (AvgIpc) is 3.03. The predicted octanol–water partition coefficient (Wildman–Crippen LogP) is 3.84.